The highest BCUT2D eigenvalue weighted by Gasteiger charge is 2.24. The predicted molar refractivity (Wildman–Crippen MR) is 59.3 cm³/mol. The van der Waals surface area contributed by atoms with Gasteiger partial charge in [-0.05, 0) is 31.0 Å². The van der Waals surface area contributed by atoms with E-state index < -0.39 is 0 Å². The van der Waals surface area contributed by atoms with Crippen molar-refractivity contribution in [3.8, 4) is 5.75 Å². The van der Waals surface area contributed by atoms with Crippen molar-refractivity contribution in [3.05, 3.63) is 23.8 Å². The minimum Gasteiger partial charge on any atom is -0.482 e. The van der Waals surface area contributed by atoms with E-state index in [2.05, 4.69) is 6.92 Å². The molecule has 0 unspecified atom stereocenters. The number of hydrogen-bond donors (Lipinski definition) is 0. The van der Waals surface area contributed by atoms with Crippen LogP contribution in [0.1, 0.15) is 18.9 Å². The van der Waals surface area contributed by atoms with Crippen LogP contribution in [0.3, 0.4) is 0 Å². The Hall–Kier alpha value is -1.51. The van der Waals surface area contributed by atoms with Gasteiger partial charge in [-0.25, -0.2) is 0 Å². The molecule has 15 heavy (non-hydrogen) atoms. The number of aryl methyl sites for hydroxylation is 1. The highest BCUT2D eigenvalue weighted by atomic mass is 16.5. The summed E-state index contributed by atoms with van der Waals surface area (Å²) in [6, 6.07) is 5.94. The molecule has 0 aromatic heterocycles. The van der Waals surface area contributed by atoms with E-state index in [-0.39, 0.29) is 12.5 Å². The summed E-state index contributed by atoms with van der Waals surface area (Å²) in [4.78, 5) is 13.4. The normalized spacial score (nSPS) is 14.8. The number of hydrogen-bond acceptors (Lipinski definition) is 2. The van der Waals surface area contributed by atoms with Crippen LogP contribution in [0.4, 0.5) is 5.69 Å². The van der Waals surface area contributed by atoms with Gasteiger partial charge in [-0.1, -0.05) is 13.0 Å². The zero-order valence-corrected chi connectivity index (χ0v) is 9.12. The van der Waals surface area contributed by atoms with Crippen molar-refractivity contribution >= 4 is 11.6 Å². The molecular weight excluding hydrogens is 190 g/mol. The van der Waals surface area contributed by atoms with Crippen LogP contribution in [0.2, 0.25) is 0 Å². The minimum atomic E-state index is 0.0493. The van der Waals surface area contributed by atoms with Gasteiger partial charge in [0.25, 0.3) is 5.91 Å². The molecule has 0 saturated carbocycles. The maximum atomic E-state index is 11.6. The summed E-state index contributed by atoms with van der Waals surface area (Å²) in [5.74, 6) is 0.872. The molecule has 0 fully saturated rings. The lowest BCUT2D eigenvalue weighted by Gasteiger charge is -2.29. The topological polar surface area (TPSA) is 29.5 Å². The number of carbonyl (C=O) groups is 1. The first-order valence-electron chi connectivity index (χ1n) is 5.26. The predicted octanol–water partition coefficient (Wildman–Crippen LogP) is 2.13. The molecule has 0 bridgehead atoms. The zero-order valence-electron chi connectivity index (χ0n) is 9.12. The molecule has 2 rings (SSSR count). The molecule has 80 valence electrons. The third kappa shape index (κ3) is 1.82. The second-order valence-electron chi connectivity index (χ2n) is 3.81. The second-order valence-corrected chi connectivity index (χ2v) is 3.81. The van der Waals surface area contributed by atoms with E-state index in [1.807, 2.05) is 25.1 Å². The van der Waals surface area contributed by atoms with Gasteiger partial charge in [0, 0.05) is 6.54 Å². The SMILES string of the molecule is CCCN1C(=O)COc2cc(C)ccc21. The van der Waals surface area contributed by atoms with Crippen molar-refractivity contribution in [2.75, 3.05) is 18.1 Å². The van der Waals surface area contributed by atoms with Crippen molar-refractivity contribution in [3.63, 3.8) is 0 Å². The Kier molecular flexibility index (Phi) is 2.62. The summed E-state index contributed by atoms with van der Waals surface area (Å²) in [7, 11) is 0. The van der Waals surface area contributed by atoms with Gasteiger partial charge < -0.3 is 9.64 Å². The fourth-order valence-corrected chi connectivity index (χ4v) is 1.78. The number of anilines is 1. The summed E-state index contributed by atoms with van der Waals surface area (Å²) in [5, 5.41) is 0. The molecule has 1 aromatic rings. The van der Waals surface area contributed by atoms with Gasteiger partial charge in [-0.15, -0.1) is 0 Å². The van der Waals surface area contributed by atoms with E-state index in [0.29, 0.717) is 0 Å². The maximum absolute atomic E-state index is 11.6. The number of carbonyl (C=O) groups excluding carboxylic acids is 1. The van der Waals surface area contributed by atoms with Crippen LogP contribution in [-0.2, 0) is 4.79 Å². The molecule has 0 atom stereocenters. The average Bonchev–Trinajstić information content (AvgIpc) is 2.22. The van der Waals surface area contributed by atoms with Crippen molar-refractivity contribution in [2.24, 2.45) is 0 Å². The summed E-state index contributed by atoms with van der Waals surface area (Å²) >= 11 is 0. The molecule has 3 nitrogen and oxygen atoms in total. The molecular formula is C12H15NO2. The smallest absolute Gasteiger partial charge is 0.265 e. The first-order valence-corrected chi connectivity index (χ1v) is 5.26. The van der Waals surface area contributed by atoms with Crippen molar-refractivity contribution < 1.29 is 9.53 Å². The monoisotopic (exact) mass is 205 g/mol. The van der Waals surface area contributed by atoms with Crippen molar-refractivity contribution in [1.29, 1.82) is 0 Å². The Morgan fingerprint density at radius 1 is 1.47 bits per heavy atom. The van der Waals surface area contributed by atoms with Gasteiger partial charge in [-0.2, -0.15) is 0 Å². The molecule has 3 heteroatoms. The summed E-state index contributed by atoms with van der Waals surface area (Å²) in [6.45, 7) is 5.01. The second kappa shape index (κ2) is 3.93. The third-order valence-electron chi connectivity index (χ3n) is 2.51. The highest BCUT2D eigenvalue weighted by molar-refractivity contribution is 5.97. The molecule has 1 heterocycles. The van der Waals surface area contributed by atoms with Gasteiger partial charge in [0.2, 0.25) is 0 Å². The van der Waals surface area contributed by atoms with Gasteiger partial charge in [0.15, 0.2) is 6.61 Å². The van der Waals surface area contributed by atoms with Crippen LogP contribution >= 0.6 is 0 Å². The lowest BCUT2D eigenvalue weighted by Crippen LogP contribution is -2.39. The molecule has 0 spiro atoms. The van der Waals surface area contributed by atoms with Gasteiger partial charge in [0.1, 0.15) is 5.75 Å². The number of benzene rings is 1. The van der Waals surface area contributed by atoms with E-state index in [1.165, 1.54) is 0 Å². The van der Waals surface area contributed by atoms with Crippen LogP contribution in [-0.4, -0.2) is 19.1 Å². The molecule has 0 radical (unpaired) electrons. The standard InChI is InChI=1S/C12H15NO2/c1-3-6-13-10-5-4-9(2)7-11(10)15-8-12(13)14/h4-5,7H,3,6,8H2,1-2H3. The van der Waals surface area contributed by atoms with Gasteiger partial charge >= 0.3 is 0 Å². The van der Waals surface area contributed by atoms with E-state index in [4.69, 9.17) is 4.74 Å². The lowest BCUT2D eigenvalue weighted by atomic mass is 10.1. The summed E-state index contributed by atoms with van der Waals surface area (Å²) < 4.78 is 5.40. The summed E-state index contributed by atoms with van der Waals surface area (Å²) in [5.41, 5.74) is 2.05. The largest absolute Gasteiger partial charge is 0.482 e. The van der Waals surface area contributed by atoms with Gasteiger partial charge in [-0.3, -0.25) is 4.79 Å². The molecule has 1 amide bonds. The maximum Gasteiger partial charge on any atom is 0.265 e. The Bertz CT molecular complexity index is 387. The van der Waals surface area contributed by atoms with Crippen LogP contribution in [0, 0.1) is 6.92 Å². The first kappa shape index (κ1) is 10.0. The minimum absolute atomic E-state index is 0.0493. The van der Waals surface area contributed by atoms with Crippen LogP contribution in [0.5, 0.6) is 5.75 Å². The Morgan fingerprint density at radius 2 is 2.27 bits per heavy atom. The van der Waals surface area contributed by atoms with Crippen LogP contribution < -0.4 is 9.64 Å². The quantitative estimate of drug-likeness (QED) is 0.740. The van der Waals surface area contributed by atoms with E-state index in [0.717, 1.165) is 30.0 Å². The van der Waals surface area contributed by atoms with Crippen LogP contribution in [0.25, 0.3) is 0 Å². The molecule has 1 aliphatic rings. The number of rotatable bonds is 2. The van der Waals surface area contributed by atoms with E-state index in [1.54, 1.807) is 4.90 Å². The molecule has 0 N–H and O–H groups in total. The van der Waals surface area contributed by atoms with E-state index >= 15 is 0 Å². The Labute approximate surface area is 89.7 Å². The highest BCUT2D eigenvalue weighted by Crippen LogP contribution is 2.32. The van der Waals surface area contributed by atoms with Crippen LogP contribution in [0.15, 0.2) is 18.2 Å². The third-order valence-corrected chi connectivity index (χ3v) is 2.51. The molecule has 0 saturated heterocycles. The number of ether oxygens (including phenoxy) is 1. The van der Waals surface area contributed by atoms with E-state index in [9.17, 15) is 4.79 Å². The Morgan fingerprint density at radius 3 is 3.00 bits per heavy atom. The number of fused-ring (bicyclic) bond motifs is 1. The molecule has 1 aliphatic heterocycles. The molecule has 1 aromatic carbocycles. The summed E-state index contributed by atoms with van der Waals surface area (Å²) in [6.07, 6.45) is 0.957. The fraction of sp³-hybridized carbons (Fsp3) is 0.417. The lowest BCUT2D eigenvalue weighted by molar-refractivity contribution is -0.121. The van der Waals surface area contributed by atoms with Crippen molar-refractivity contribution in [2.45, 2.75) is 20.3 Å². The average molecular weight is 205 g/mol. The Balaban J connectivity index is 2.39. The fourth-order valence-electron chi connectivity index (χ4n) is 1.78. The molecule has 0 aliphatic carbocycles. The number of amides is 1. The first-order chi connectivity index (χ1) is 7.22. The van der Waals surface area contributed by atoms with Gasteiger partial charge in [0.05, 0.1) is 5.69 Å². The van der Waals surface area contributed by atoms with Crippen molar-refractivity contribution in [1.82, 2.24) is 0 Å². The number of nitrogens with zero attached hydrogens (tertiary/aromatic N) is 1. The zero-order chi connectivity index (χ0) is 10.8.